The summed E-state index contributed by atoms with van der Waals surface area (Å²) in [6.07, 6.45) is 0. The lowest BCUT2D eigenvalue weighted by Crippen LogP contribution is -2.23. The van der Waals surface area contributed by atoms with E-state index in [1.807, 2.05) is 24.3 Å². The average Bonchev–Trinajstić information content (AvgIpc) is 3.12. The first kappa shape index (κ1) is 13.4. The van der Waals surface area contributed by atoms with E-state index in [9.17, 15) is 9.59 Å². The van der Waals surface area contributed by atoms with Gasteiger partial charge in [-0.2, -0.15) is 0 Å². The number of rotatable bonds is 2. The standard InChI is InChI=1S/C15H13N3O3S/c1-21-11(19)8-18-10-5-3-2-4-9(10)12-13(18)14(20)17-6-7-22-15(17)16-12/h2-5H,6-8H2,1H3. The highest BCUT2D eigenvalue weighted by Crippen LogP contribution is 2.29. The quantitative estimate of drug-likeness (QED) is 0.531. The summed E-state index contributed by atoms with van der Waals surface area (Å²) in [6.45, 7) is 0.658. The van der Waals surface area contributed by atoms with Crippen LogP contribution >= 0.6 is 11.8 Å². The average molecular weight is 315 g/mol. The van der Waals surface area contributed by atoms with Gasteiger partial charge in [0.1, 0.15) is 17.6 Å². The smallest absolute Gasteiger partial charge is 0.325 e. The molecule has 0 spiro atoms. The summed E-state index contributed by atoms with van der Waals surface area (Å²) < 4.78 is 8.15. The van der Waals surface area contributed by atoms with Crippen molar-refractivity contribution >= 4 is 39.7 Å². The van der Waals surface area contributed by atoms with Gasteiger partial charge in [0.05, 0.1) is 12.6 Å². The highest BCUT2D eigenvalue weighted by atomic mass is 32.2. The minimum Gasteiger partial charge on any atom is -0.468 e. The molecule has 3 heterocycles. The van der Waals surface area contributed by atoms with Gasteiger partial charge in [0.2, 0.25) is 0 Å². The molecule has 2 aromatic heterocycles. The number of esters is 1. The molecule has 0 unspecified atom stereocenters. The Labute approximate surface area is 129 Å². The molecule has 0 fully saturated rings. The fourth-order valence-corrected chi connectivity index (χ4v) is 3.82. The van der Waals surface area contributed by atoms with Gasteiger partial charge in [-0.3, -0.25) is 14.2 Å². The second-order valence-corrected chi connectivity index (χ2v) is 6.14. The van der Waals surface area contributed by atoms with Crippen LogP contribution in [0.4, 0.5) is 0 Å². The molecule has 0 aliphatic carbocycles. The first-order valence-corrected chi connectivity index (χ1v) is 7.90. The molecule has 6 nitrogen and oxygen atoms in total. The third kappa shape index (κ3) is 1.78. The number of fused-ring (bicyclic) bond motifs is 4. The largest absolute Gasteiger partial charge is 0.468 e. The van der Waals surface area contributed by atoms with Crippen molar-refractivity contribution in [3.05, 3.63) is 34.6 Å². The molecular weight excluding hydrogens is 302 g/mol. The third-order valence-corrected chi connectivity index (χ3v) is 4.85. The number of carbonyl (C=O) groups excluding carboxylic acids is 1. The van der Waals surface area contributed by atoms with Crippen LogP contribution in [0.3, 0.4) is 0 Å². The Morgan fingerprint density at radius 1 is 1.41 bits per heavy atom. The van der Waals surface area contributed by atoms with Crippen LogP contribution in [0.5, 0.6) is 0 Å². The fraction of sp³-hybridized carbons (Fsp3) is 0.267. The highest BCUT2D eigenvalue weighted by Gasteiger charge is 2.23. The van der Waals surface area contributed by atoms with Gasteiger partial charge in [0.25, 0.3) is 5.56 Å². The van der Waals surface area contributed by atoms with Gasteiger partial charge in [-0.15, -0.1) is 0 Å². The summed E-state index contributed by atoms with van der Waals surface area (Å²) >= 11 is 1.58. The van der Waals surface area contributed by atoms with Crippen molar-refractivity contribution in [1.29, 1.82) is 0 Å². The predicted molar refractivity (Wildman–Crippen MR) is 84.2 cm³/mol. The SMILES string of the molecule is COC(=O)Cn1c2ccccc2c2nc3n(c(=O)c21)CCS3. The monoisotopic (exact) mass is 315 g/mol. The molecular formula is C15H13N3O3S. The van der Waals surface area contributed by atoms with Crippen molar-refractivity contribution in [2.75, 3.05) is 12.9 Å². The van der Waals surface area contributed by atoms with Crippen LogP contribution in [-0.4, -0.2) is 33.0 Å². The zero-order valence-corrected chi connectivity index (χ0v) is 12.7. The van der Waals surface area contributed by atoms with Crippen LogP contribution in [0, 0.1) is 0 Å². The van der Waals surface area contributed by atoms with E-state index in [0.29, 0.717) is 17.6 Å². The van der Waals surface area contributed by atoms with E-state index in [-0.39, 0.29) is 18.1 Å². The van der Waals surface area contributed by atoms with Crippen LogP contribution in [0.2, 0.25) is 0 Å². The van der Waals surface area contributed by atoms with Crippen molar-refractivity contribution in [3.8, 4) is 0 Å². The molecule has 0 radical (unpaired) electrons. The molecule has 4 rings (SSSR count). The van der Waals surface area contributed by atoms with Crippen LogP contribution in [0.15, 0.2) is 34.2 Å². The van der Waals surface area contributed by atoms with E-state index < -0.39 is 0 Å². The first-order chi connectivity index (χ1) is 10.7. The molecule has 22 heavy (non-hydrogen) atoms. The molecule has 0 saturated heterocycles. The number of carbonyl (C=O) groups is 1. The Morgan fingerprint density at radius 3 is 3.05 bits per heavy atom. The van der Waals surface area contributed by atoms with Crippen molar-refractivity contribution < 1.29 is 9.53 Å². The Kier molecular flexibility index (Phi) is 2.97. The van der Waals surface area contributed by atoms with Crippen molar-refractivity contribution in [1.82, 2.24) is 14.1 Å². The van der Waals surface area contributed by atoms with Crippen LogP contribution in [0.1, 0.15) is 0 Å². The number of hydrogen-bond acceptors (Lipinski definition) is 5. The van der Waals surface area contributed by atoms with Crippen LogP contribution < -0.4 is 5.56 Å². The topological polar surface area (TPSA) is 66.1 Å². The molecule has 1 aromatic carbocycles. The molecule has 1 aliphatic heterocycles. The zero-order chi connectivity index (χ0) is 15.3. The molecule has 0 saturated carbocycles. The van der Waals surface area contributed by atoms with Gasteiger partial charge in [-0.05, 0) is 6.07 Å². The minimum absolute atomic E-state index is 0.00389. The van der Waals surface area contributed by atoms with Crippen molar-refractivity contribution in [2.24, 2.45) is 0 Å². The number of aromatic nitrogens is 3. The number of nitrogens with zero attached hydrogens (tertiary/aromatic N) is 3. The van der Waals surface area contributed by atoms with Gasteiger partial charge in [-0.1, -0.05) is 30.0 Å². The van der Waals surface area contributed by atoms with Crippen molar-refractivity contribution in [3.63, 3.8) is 0 Å². The van der Waals surface area contributed by atoms with E-state index in [0.717, 1.165) is 21.8 Å². The van der Waals surface area contributed by atoms with Crippen LogP contribution in [-0.2, 0) is 22.6 Å². The maximum atomic E-state index is 12.8. The summed E-state index contributed by atoms with van der Waals surface area (Å²) in [6, 6.07) is 7.61. The van der Waals surface area contributed by atoms with E-state index in [1.165, 1.54) is 7.11 Å². The molecule has 3 aromatic rings. The first-order valence-electron chi connectivity index (χ1n) is 6.92. The van der Waals surface area contributed by atoms with Gasteiger partial charge in [0.15, 0.2) is 5.16 Å². The Morgan fingerprint density at radius 2 is 2.23 bits per heavy atom. The summed E-state index contributed by atoms with van der Waals surface area (Å²) in [4.78, 5) is 29.2. The second-order valence-electron chi connectivity index (χ2n) is 5.08. The number of para-hydroxylation sites is 1. The lowest BCUT2D eigenvalue weighted by atomic mass is 10.2. The molecule has 112 valence electrons. The highest BCUT2D eigenvalue weighted by molar-refractivity contribution is 7.99. The Balaban J connectivity index is 2.14. The van der Waals surface area contributed by atoms with E-state index in [4.69, 9.17) is 4.74 Å². The summed E-state index contributed by atoms with van der Waals surface area (Å²) in [7, 11) is 1.34. The van der Waals surface area contributed by atoms with Gasteiger partial charge in [0, 0.05) is 17.7 Å². The van der Waals surface area contributed by atoms with Gasteiger partial charge in [-0.25, -0.2) is 4.98 Å². The summed E-state index contributed by atoms with van der Waals surface area (Å²) in [5.41, 5.74) is 1.86. The summed E-state index contributed by atoms with van der Waals surface area (Å²) in [5, 5.41) is 1.63. The predicted octanol–water partition coefficient (Wildman–Crippen LogP) is 1.63. The molecule has 1 aliphatic rings. The van der Waals surface area contributed by atoms with E-state index in [2.05, 4.69) is 4.98 Å². The number of hydrogen-bond donors (Lipinski definition) is 0. The van der Waals surface area contributed by atoms with Crippen molar-refractivity contribution in [2.45, 2.75) is 18.2 Å². The molecule has 0 bridgehead atoms. The fourth-order valence-electron chi connectivity index (χ4n) is 2.88. The van der Waals surface area contributed by atoms with E-state index >= 15 is 0 Å². The molecule has 7 heteroatoms. The zero-order valence-electron chi connectivity index (χ0n) is 11.9. The minimum atomic E-state index is -0.387. The maximum absolute atomic E-state index is 12.8. The Bertz CT molecular complexity index is 973. The lowest BCUT2D eigenvalue weighted by Gasteiger charge is -2.06. The van der Waals surface area contributed by atoms with Gasteiger partial charge >= 0.3 is 5.97 Å². The molecule has 0 N–H and O–H groups in total. The number of methoxy groups -OCH3 is 1. The van der Waals surface area contributed by atoms with E-state index in [1.54, 1.807) is 20.9 Å². The number of ether oxygens (including phenoxy) is 1. The molecule has 0 amide bonds. The van der Waals surface area contributed by atoms with Crippen LogP contribution in [0.25, 0.3) is 21.9 Å². The normalized spacial score (nSPS) is 13.7. The number of thioether (sulfide) groups is 1. The van der Waals surface area contributed by atoms with Gasteiger partial charge < -0.3 is 9.30 Å². The molecule has 0 atom stereocenters. The summed E-state index contributed by atoms with van der Waals surface area (Å²) in [5.74, 6) is 0.464. The Hall–Kier alpha value is -2.28. The lowest BCUT2D eigenvalue weighted by molar-refractivity contribution is -0.141. The number of benzene rings is 1. The third-order valence-electron chi connectivity index (χ3n) is 3.89. The second kappa shape index (κ2) is 4.88. The maximum Gasteiger partial charge on any atom is 0.325 e.